The molecule has 0 aromatic carbocycles. The van der Waals surface area contributed by atoms with Gasteiger partial charge >= 0.3 is 12.4 Å². The van der Waals surface area contributed by atoms with Crippen molar-refractivity contribution in [2.24, 2.45) is 11.3 Å². The number of halogens is 6. The van der Waals surface area contributed by atoms with Crippen molar-refractivity contribution in [2.45, 2.75) is 39.0 Å². The van der Waals surface area contributed by atoms with Gasteiger partial charge in [0, 0.05) is 19.0 Å². The SMILES string of the molecule is CCC(C)C(=O)NCC(=O)N1CCC(C(F)(F)F)(C(F)(F)F)C1. The standard InChI is InChI=1S/C13H18F6N2O2/c1-3-8(2)10(23)20-6-9(22)21-5-4-11(7-21,12(14,15)16)13(17,18)19/h8H,3-7H2,1-2H3,(H,20,23). The third-order valence-electron chi connectivity index (χ3n) is 4.18. The molecule has 23 heavy (non-hydrogen) atoms. The molecule has 0 spiro atoms. The third-order valence-corrected chi connectivity index (χ3v) is 4.18. The summed E-state index contributed by atoms with van der Waals surface area (Å²) in [5.74, 6) is -1.83. The molecule has 1 atom stereocenters. The Kier molecular flexibility index (Phi) is 5.58. The van der Waals surface area contributed by atoms with E-state index in [2.05, 4.69) is 5.32 Å². The Morgan fingerprint density at radius 1 is 1.17 bits per heavy atom. The van der Waals surface area contributed by atoms with E-state index in [9.17, 15) is 35.9 Å². The fourth-order valence-electron chi connectivity index (χ4n) is 2.28. The van der Waals surface area contributed by atoms with E-state index in [1.807, 2.05) is 0 Å². The van der Waals surface area contributed by atoms with Crippen molar-refractivity contribution in [3.8, 4) is 0 Å². The lowest BCUT2D eigenvalue weighted by atomic mass is 9.85. The Morgan fingerprint density at radius 3 is 2.09 bits per heavy atom. The first kappa shape index (κ1) is 19.6. The van der Waals surface area contributed by atoms with E-state index in [-0.39, 0.29) is 0 Å². The topological polar surface area (TPSA) is 49.4 Å². The zero-order chi connectivity index (χ0) is 18.1. The van der Waals surface area contributed by atoms with Crippen LogP contribution in [0.15, 0.2) is 0 Å². The predicted molar refractivity (Wildman–Crippen MR) is 68.2 cm³/mol. The van der Waals surface area contributed by atoms with Crippen LogP contribution < -0.4 is 5.32 Å². The Labute approximate surface area is 129 Å². The number of hydrogen-bond donors (Lipinski definition) is 1. The smallest absolute Gasteiger partial charge is 0.347 e. The molecule has 0 bridgehead atoms. The van der Waals surface area contributed by atoms with Crippen LogP contribution in [0.5, 0.6) is 0 Å². The average molecular weight is 348 g/mol. The maximum absolute atomic E-state index is 12.9. The Hall–Kier alpha value is -1.48. The van der Waals surface area contributed by atoms with Crippen LogP contribution in [-0.2, 0) is 9.59 Å². The largest absolute Gasteiger partial charge is 0.404 e. The first-order valence-corrected chi connectivity index (χ1v) is 7.04. The van der Waals surface area contributed by atoms with Gasteiger partial charge in [0.15, 0.2) is 5.41 Å². The summed E-state index contributed by atoms with van der Waals surface area (Å²) in [6, 6.07) is 0. The van der Waals surface area contributed by atoms with Crippen LogP contribution in [0.2, 0.25) is 0 Å². The number of carbonyl (C=O) groups excluding carboxylic acids is 2. The van der Waals surface area contributed by atoms with Gasteiger partial charge in [-0.2, -0.15) is 26.3 Å². The molecule has 1 unspecified atom stereocenters. The fraction of sp³-hybridized carbons (Fsp3) is 0.846. The number of nitrogens with zero attached hydrogens (tertiary/aromatic N) is 1. The normalized spacial score (nSPS) is 19.6. The van der Waals surface area contributed by atoms with Crippen LogP contribution >= 0.6 is 0 Å². The second-order valence-electron chi connectivity index (χ2n) is 5.67. The maximum Gasteiger partial charge on any atom is 0.404 e. The molecule has 0 aromatic heterocycles. The molecule has 1 aliphatic rings. The highest BCUT2D eigenvalue weighted by atomic mass is 19.4. The van der Waals surface area contributed by atoms with Gasteiger partial charge in [-0.15, -0.1) is 0 Å². The van der Waals surface area contributed by atoms with Gasteiger partial charge in [0.2, 0.25) is 11.8 Å². The van der Waals surface area contributed by atoms with Crippen molar-refractivity contribution in [3.05, 3.63) is 0 Å². The molecule has 1 saturated heterocycles. The van der Waals surface area contributed by atoms with E-state index < -0.39 is 61.6 Å². The second kappa shape index (κ2) is 6.56. The van der Waals surface area contributed by atoms with Crippen LogP contribution in [0.25, 0.3) is 0 Å². The summed E-state index contributed by atoms with van der Waals surface area (Å²) in [6.45, 7) is 0.575. The van der Waals surface area contributed by atoms with Crippen molar-refractivity contribution >= 4 is 11.8 Å². The van der Waals surface area contributed by atoms with Crippen molar-refractivity contribution in [3.63, 3.8) is 0 Å². The Balaban J connectivity index is 2.75. The molecule has 0 radical (unpaired) electrons. The lowest BCUT2D eigenvalue weighted by molar-refractivity contribution is -0.334. The highest BCUT2D eigenvalue weighted by molar-refractivity contribution is 5.85. The second-order valence-corrected chi connectivity index (χ2v) is 5.67. The highest BCUT2D eigenvalue weighted by Crippen LogP contribution is 2.55. The molecular weight excluding hydrogens is 330 g/mol. The summed E-state index contributed by atoms with van der Waals surface area (Å²) < 4.78 is 77.3. The first-order valence-electron chi connectivity index (χ1n) is 7.04. The molecule has 0 aromatic rings. The number of nitrogens with one attached hydrogen (secondary N) is 1. The maximum atomic E-state index is 12.9. The summed E-state index contributed by atoms with van der Waals surface area (Å²) in [4.78, 5) is 23.8. The van der Waals surface area contributed by atoms with Crippen molar-refractivity contribution in [1.29, 1.82) is 0 Å². The molecule has 1 heterocycles. The van der Waals surface area contributed by atoms with Gasteiger partial charge in [0.05, 0.1) is 6.54 Å². The van der Waals surface area contributed by atoms with Gasteiger partial charge in [-0.25, -0.2) is 0 Å². The first-order chi connectivity index (χ1) is 10.4. The van der Waals surface area contributed by atoms with Crippen LogP contribution in [-0.4, -0.2) is 48.7 Å². The Morgan fingerprint density at radius 2 is 1.70 bits per heavy atom. The number of rotatable bonds is 4. The zero-order valence-corrected chi connectivity index (χ0v) is 12.6. The summed E-state index contributed by atoms with van der Waals surface area (Å²) >= 11 is 0. The van der Waals surface area contributed by atoms with E-state index >= 15 is 0 Å². The monoisotopic (exact) mass is 348 g/mol. The number of carbonyl (C=O) groups is 2. The molecule has 4 nitrogen and oxygen atoms in total. The molecule has 0 saturated carbocycles. The molecule has 1 N–H and O–H groups in total. The average Bonchev–Trinajstić information content (AvgIpc) is 2.89. The molecule has 0 aliphatic carbocycles. The van der Waals surface area contributed by atoms with Gasteiger partial charge < -0.3 is 10.2 Å². The van der Waals surface area contributed by atoms with E-state index in [1.165, 1.54) is 0 Å². The lowest BCUT2D eigenvalue weighted by Gasteiger charge is -2.33. The van der Waals surface area contributed by atoms with Gasteiger partial charge in [-0.1, -0.05) is 13.8 Å². The van der Waals surface area contributed by atoms with Crippen molar-refractivity contribution < 1.29 is 35.9 Å². The Bertz CT molecular complexity index is 446. The summed E-state index contributed by atoms with van der Waals surface area (Å²) in [7, 11) is 0. The number of likely N-dealkylation sites (tertiary alicyclic amines) is 1. The molecule has 1 rings (SSSR count). The van der Waals surface area contributed by atoms with Crippen molar-refractivity contribution in [2.75, 3.05) is 19.6 Å². The molecule has 1 aliphatic heterocycles. The quantitative estimate of drug-likeness (QED) is 0.794. The van der Waals surface area contributed by atoms with E-state index in [1.54, 1.807) is 13.8 Å². The number of alkyl halides is 6. The molecule has 10 heteroatoms. The van der Waals surface area contributed by atoms with Gasteiger partial charge in [0.1, 0.15) is 0 Å². The lowest BCUT2D eigenvalue weighted by Crippen LogP contribution is -2.52. The number of amides is 2. The van der Waals surface area contributed by atoms with Crippen LogP contribution in [0.3, 0.4) is 0 Å². The van der Waals surface area contributed by atoms with Crippen LogP contribution in [0.4, 0.5) is 26.3 Å². The highest BCUT2D eigenvalue weighted by Gasteiger charge is 2.72. The van der Waals surface area contributed by atoms with Gasteiger partial charge in [0.25, 0.3) is 0 Å². The number of hydrogen-bond acceptors (Lipinski definition) is 2. The van der Waals surface area contributed by atoms with Crippen LogP contribution in [0, 0.1) is 11.3 Å². The minimum Gasteiger partial charge on any atom is -0.347 e. The van der Waals surface area contributed by atoms with E-state index in [0.29, 0.717) is 11.3 Å². The third kappa shape index (κ3) is 3.89. The van der Waals surface area contributed by atoms with E-state index in [0.717, 1.165) is 0 Å². The minimum absolute atomic E-state index is 0.397. The molecule has 1 fully saturated rings. The summed E-state index contributed by atoms with van der Waals surface area (Å²) in [5.41, 5.74) is -3.91. The van der Waals surface area contributed by atoms with Gasteiger partial charge in [-0.05, 0) is 12.8 Å². The summed E-state index contributed by atoms with van der Waals surface area (Å²) in [5, 5.41) is 2.22. The molecule has 2 amide bonds. The molecular formula is C13H18F6N2O2. The zero-order valence-electron chi connectivity index (χ0n) is 12.6. The summed E-state index contributed by atoms with van der Waals surface area (Å²) in [6.07, 6.45) is -11.7. The van der Waals surface area contributed by atoms with E-state index in [4.69, 9.17) is 0 Å². The van der Waals surface area contributed by atoms with Crippen LogP contribution in [0.1, 0.15) is 26.7 Å². The van der Waals surface area contributed by atoms with Crippen molar-refractivity contribution in [1.82, 2.24) is 10.2 Å². The predicted octanol–water partition coefficient (Wildman–Crippen LogP) is 2.49. The molecule has 134 valence electrons. The minimum atomic E-state index is -5.50. The fourth-order valence-corrected chi connectivity index (χ4v) is 2.28. The van der Waals surface area contributed by atoms with Gasteiger partial charge in [-0.3, -0.25) is 9.59 Å².